The van der Waals surface area contributed by atoms with E-state index in [1.165, 1.54) is 0 Å². The highest BCUT2D eigenvalue weighted by Crippen LogP contribution is 2.29. The van der Waals surface area contributed by atoms with Crippen molar-refractivity contribution in [3.8, 4) is 0 Å². The Morgan fingerprint density at radius 1 is 1.41 bits per heavy atom. The second kappa shape index (κ2) is 5.86. The molecule has 0 aliphatic carbocycles. The number of halogens is 4. The molecule has 1 rings (SSSR count). The molecule has 0 bridgehead atoms. The molecule has 0 saturated heterocycles. The fraction of sp³-hybridized carbons (Fsp3) is 0.778. The highest BCUT2D eigenvalue weighted by Gasteiger charge is 2.36. The molecule has 0 radical (unpaired) electrons. The van der Waals surface area contributed by atoms with Crippen molar-refractivity contribution in [1.82, 2.24) is 9.36 Å². The summed E-state index contributed by atoms with van der Waals surface area (Å²) in [6.07, 6.45) is -3.82. The Hall–Kier alpha value is -0.560. The molecule has 0 saturated carbocycles. The molecule has 3 nitrogen and oxygen atoms in total. The first-order valence-corrected chi connectivity index (χ1v) is 6.38. The van der Waals surface area contributed by atoms with Gasteiger partial charge in [0.25, 0.3) is 0 Å². The molecule has 1 N–H and O–H groups in total. The van der Waals surface area contributed by atoms with Crippen molar-refractivity contribution in [3.63, 3.8) is 0 Å². The molecular weight excluding hydrogens is 275 g/mol. The van der Waals surface area contributed by atoms with Crippen molar-refractivity contribution in [2.45, 2.75) is 32.5 Å². The largest absolute Gasteiger partial charge is 0.452 e. The summed E-state index contributed by atoms with van der Waals surface area (Å²) in [6.45, 7) is 3.94. The van der Waals surface area contributed by atoms with Crippen LogP contribution in [0.3, 0.4) is 0 Å². The zero-order valence-corrected chi connectivity index (χ0v) is 11.0. The number of nitrogens with zero attached hydrogens (tertiary/aromatic N) is 2. The van der Waals surface area contributed by atoms with Crippen molar-refractivity contribution in [2.24, 2.45) is 5.92 Å². The zero-order chi connectivity index (χ0) is 13.1. The summed E-state index contributed by atoms with van der Waals surface area (Å²) >= 11 is 6.34. The maximum absolute atomic E-state index is 12.3. The normalized spacial score (nSPS) is 14.1. The standard InChI is InChI=1S/C9H13ClF3N3S/c1-5(2)6(3-4-10)14-8-15-7(16-17-8)9(11,12)13/h5-6H,3-4H2,1-2H3,(H,14,15,16). The van der Waals surface area contributed by atoms with E-state index in [1.807, 2.05) is 13.8 Å². The van der Waals surface area contributed by atoms with Gasteiger partial charge in [0.2, 0.25) is 11.0 Å². The van der Waals surface area contributed by atoms with E-state index in [1.54, 1.807) is 0 Å². The van der Waals surface area contributed by atoms with Crippen molar-refractivity contribution in [1.29, 1.82) is 0 Å². The second-order valence-corrected chi connectivity index (χ2v) is 5.02. The quantitative estimate of drug-likeness (QED) is 0.841. The van der Waals surface area contributed by atoms with Crippen molar-refractivity contribution < 1.29 is 13.2 Å². The SMILES string of the molecule is CC(C)C(CCCl)Nc1nc(C(F)(F)F)ns1. The number of hydrogen-bond acceptors (Lipinski definition) is 4. The van der Waals surface area contributed by atoms with Crippen LogP contribution < -0.4 is 5.32 Å². The van der Waals surface area contributed by atoms with Crippen LogP contribution in [0.5, 0.6) is 0 Å². The first kappa shape index (κ1) is 14.5. The van der Waals surface area contributed by atoms with Gasteiger partial charge in [0, 0.05) is 23.5 Å². The second-order valence-electron chi connectivity index (χ2n) is 3.89. The highest BCUT2D eigenvalue weighted by atomic mass is 35.5. The summed E-state index contributed by atoms with van der Waals surface area (Å²) in [4.78, 5) is 3.41. The van der Waals surface area contributed by atoms with Crippen LogP contribution in [-0.2, 0) is 6.18 Å². The Labute approximate surface area is 107 Å². The predicted molar refractivity (Wildman–Crippen MR) is 62.5 cm³/mol. The molecule has 0 amide bonds. The van der Waals surface area contributed by atoms with E-state index in [2.05, 4.69) is 14.7 Å². The average Bonchev–Trinajstić information content (AvgIpc) is 2.64. The summed E-state index contributed by atoms with van der Waals surface area (Å²) in [6, 6.07) is 0.00142. The van der Waals surface area contributed by atoms with Crippen LogP contribution in [0.25, 0.3) is 0 Å². The lowest BCUT2D eigenvalue weighted by Crippen LogP contribution is -2.26. The van der Waals surface area contributed by atoms with Gasteiger partial charge in [-0.2, -0.15) is 22.5 Å². The third-order valence-corrected chi connectivity index (χ3v) is 3.08. The number of alkyl halides is 4. The lowest BCUT2D eigenvalue weighted by Gasteiger charge is -2.20. The van der Waals surface area contributed by atoms with Gasteiger partial charge in [-0.3, -0.25) is 0 Å². The van der Waals surface area contributed by atoms with Gasteiger partial charge in [-0.1, -0.05) is 13.8 Å². The van der Waals surface area contributed by atoms with Gasteiger partial charge in [0.15, 0.2) is 0 Å². The van der Waals surface area contributed by atoms with Crippen molar-refractivity contribution in [3.05, 3.63) is 5.82 Å². The molecule has 8 heteroatoms. The number of anilines is 1. The lowest BCUT2D eigenvalue weighted by atomic mass is 10.0. The Morgan fingerprint density at radius 2 is 2.06 bits per heavy atom. The summed E-state index contributed by atoms with van der Waals surface area (Å²) in [5.74, 6) is -0.397. The topological polar surface area (TPSA) is 37.8 Å². The molecule has 1 unspecified atom stereocenters. The predicted octanol–water partition coefficient (Wildman–Crippen LogP) is 3.62. The fourth-order valence-corrected chi connectivity index (χ4v) is 2.13. The molecular formula is C9H13ClF3N3S. The minimum Gasteiger partial charge on any atom is -0.357 e. The molecule has 0 spiro atoms. The van der Waals surface area contributed by atoms with Crippen LogP contribution in [-0.4, -0.2) is 21.3 Å². The summed E-state index contributed by atoms with van der Waals surface area (Å²) in [7, 11) is 0. The number of hydrogen-bond donors (Lipinski definition) is 1. The minimum atomic E-state index is -4.49. The van der Waals surface area contributed by atoms with Crippen molar-refractivity contribution in [2.75, 3.05) is 11.2 Å². The third-order valence-electron chi connectivity index (χ3n) is 2.21. The minimum absolute atomic E-state index is 0.00142. The molecule has 1 aromatic heterocycles. The van der Waals surface area contributed by atoms with Gasteiger partial charge >= 0.3 is 6.18 Å². The molecule has 0 fully saturated rings. The summed E-state index contributed by atoms with van der Waals surface area (Å²) < 4.78 is 40.1. The molecule has 1 aromatic rings. The Morgan fingerprint density at radius 3 is 2.47 bits per heavy atom. The first-order chi connectivity index (χ1) is 7.84. The molecule has 17 heavy (non-hydrogen) atoms. The molecule has 0 aromatic carbocycles. The Kier molecular flexibility index (Phi) is 5.00. The maximum atomic E-state index is 12.3. The van der Waals surface area contributed by atoms with E-state index in [9.17, 15) is 13.2 Å². The van der Waals surface area contributed by atoms with Gasteiger partial charge in [-0.05, 0) is 12.3 Å². The molecule has 0 aliphatic heterocycles. The monoisotopic (exact) mass is 287 g/mol. The van der Waals surface area contributed by atoms with E-state index >= 15 is 0 Å². The van der Waals surface area contributed by atoms with Crippen LogP contribution in [0.2, 0.25) is 0 Å². The van der Waals surface area contributed by atoms with Gasteiger partial charge in [-0.15, -0.1) is 11.6 Å². The lowest BCUT2D eigenvalue weighted by molar-refractivity contribution is -0.144. The van der Waals surface area contributed by atoms with E-state index in [4.69, 9.17) is 11.6 Å². The van der Waals surface area contributed by atoms with Crippen molar-refractivity contribution >= 4 is 28.3 Å². The van der Waals surface area contributed by atoms with Crippen LogP contribution in [0, 0.1) is 5.92 Å². The number of aromatic nitrogens is 2. The van der Waals surface area contributed by atoms with Crippen LogP contribution in [0.15, 0.2) is 0 Å². The molecule has 98 valence electrons. The van der Waals surface area contributed by atoms with Crippen LogP contribution >= 0.6 is 23.1 Å². The number of rotatable bonds is 5. The zero-order valence-electron chi connectivity index (χ0n) is 9.38. The summed E-state index contributed by atoms with van der Waals surface area (Å²) in [5.41, 5.74) is 0. The van der Waals surface area contributed by atoms with E-state index in [-0.39, 0.29) is 17.1 Å². The molecule has 0 aliphatic rings. The van der Waals surface area contributed by atoms with Gasteiger partial charge in [0.05, 0.1) is 0 Å². The fourth-order valence-electron chi connectivity index (χ4n) is 1.25. The smallest absolute Gasteiger partial charge is 0.357 e. The Balaban J connectivity index is 2.70. The van der Waals surface area contributed by atoms with Gasteiger partial charge in [-0.25, -0.2) is 0 Å². The van der Waals surface area contributed by atoms with Gasteiger partial charge < -0.3 is 5.32 Å². The Bertz CT molecular complexity index is 354. The van der Waals surface area contributed by atoms with Crippen LogP contribution in [0.1, 0.15) is 26.1 Å². The van der Waals surface area contributed by atoms with Gasteiger partial charge in [0.1, 0.15) is 0 Å². The molecule has 1 atom stereocenters. The number of nitrogens with one attached hydrogen (secondary N) is 1. The molecule has 1 heterocycles. The van der Waals surface area contributed by atoms with Crippen LogP contribution in [0.4, 0.5) is 18.3 Å². The average molecular weight is 288 g/mol. The van der Waals surface area contributed by atoms with E-state index < -0.39 is 12.0 Å². The maximum Gasteiger partial charge on any atom is 0.452 e. The first-order valence-electron chi connectivity index (χ1n) is 5.08. The third kappa shape index (κ3) is 4.31. The van der Waals surface area contributed by atoms with E-state index in [0.29, 0.717) is 23.8 Å². The highest BCUT2D eigenvalue weighted by molar-refractivity contribution is 7.09. The summed E-state index contributed by atoms with van der Waals surface area (Å²) in [5, 5.41) is 3.11. The van der Waals surface area contributed by atoms with E-state index in [0.717, 1.165) is 0 Å².